The lowest BCUT2D eigenvalue weighted by atomic mass is 10.1. The smallest absolute Gasteiger partial charge is 0.489 e. The van der Waals surface area contributed by atoms with Crippen LogP contribution >= 0.6 is 0 Å². The van der Waals surface area contributed by atoms with Crippen molar-refractivity contribution in [2.75, 3.05) is 0 Å². The van der Waals surface area contributed by atoms with E-state index >= 15 is 0 Å². The highest BCUT2D eigenvalue weighted by Gasteiger charge is 2.32. The molecule has 12 heteroatoms. The molecule has 0 saturated carbocycles. The zero-order valence-corrected chi connectivity index (χ0v) is 14.7. The Morgan fingerprint density at radius 1 is 0.933 bits per heavy atom. The van der Waals surface area contributed by atoms with Crippen LogP contribution in [0.25, 0.3) is 11.3 Å². The van der Waals surface area contributed by atoms with Crippen molar-refractivity contribution in [2.45, 2.75) is 19.1 Å². The van der Waals surface area contributed by atoms with Crippen molar-refractivity contribution in [1.82, 2.24) is 15.4 Å². The molecule has 0 radical (unpaired) electrons. The molecule has 0 bridgehead atoms. The van der Waals surface area contributed by atoms with Crippen LogP contribution in [0.5, 0.6) is 11.5 Å². The molecule has 0 unspecified atom stereocenters. The predicted octanol–water partition coefficient (Wildman–Crippen LogP) is 4.84. The number of nitriles is 1. The Morgan fingerprint density at radius 3 is 2.23 bits per heavy atom. The average Bonchev–Trinajstić information content (AvgIpc) is 3.14. The molecular formula is C18H10F6N4O2. The van der Waals surface area contributed by atoms with Crippen molar-refractivity contribution in [3.05, 3.63) is 59.3 Å². The molecule has 6 nitrogen and oxygen atoms in total. The second-order valence-electron chi connectivity index (χ2n) is 5.86. The van der Waals surface area contributed by atoms with E-state index in [-0.39, 0.29) is 29.3 Å². The van der Waals surface area contributed by atoms with Gasteiger partial charge in [0.15, 0.2) is 5.69 Å². The number of rotatable bonds is 5. The first-order chi connectivity index (χ1) is 14.0. The van der Waals surface area contributed by atoms with Crippen LogP contribution in [0.15, 0.2) is 42.5 Å². The summed E-state index contributed by atoms with van der Waals surface area (Å²) < 4.78 is 85.4. The van der Waals surface area contributed by atoms with E-state index in [9.17, 15) is 26.3 Å². The number of benzene rings is 2. The normalized spacial score (nSPS) is 11.8. The molecule has 3 rings (SSSR count). The first-order valence-electron chi connectivity index (χ1n) is 8.06. The maximum absolute atomic E-state index is 13.2. The molecule has 1 N–H and O–H groups in total. The number of alkyl halides is 6. The van der Waals surface area contributed by atoms with Crippen molar-refractivity contribution in [1.29, 1.82) is 5.26 Å². The molecule has 0 atom stereocenters. The first kappa shape index (κ1) is 21.0. The van der Waals surface area contributed by atoms with Gasteiger partial charge in [-0.05, 0) is 35.9 Å². The highest BCUT2D eigenvalue weighted by Crippen LogP contribution is 2.36. The Hall–Kier alpha value is -3.75. The molecule has 0 aliphatic rings. The Bertz CT molecular complexity index is 1070. The number of nitrogens with one attached hydrogen (secondary N) is 1. The van der Waals surface area contributed by atoms with E-state index in [0.29, 0.717) is 5.56 Å². The van der Waals surface area contributed by atoms with Crippen LogP contribution in [-0.2, 0) is 12.8 Å². The third-order valence-corrected chi connectivity index (χ3v) is 3.72. The minimum Gasteiger partial charge on any atom is -0.489 e. The number of H-pyrrole nitrogens is 1. The fraction of sp³-hybridized carbons (Fsp3) is 0.167. The number of halogens is 6. The monoisotopic (exact) mass is 428 g/mol. The number of aromatic nitrogens is 3. The quantitative estimate of drug-likeness (QED) is 0.588. The van der Waals surface area contributed by atoms with Gasteiger partial charge in [-0.25, -0.2) is 0 Å². The number of hydrogen-bond donors (Lipinski definition) is 1. The fourth-order valence-corrected chi connectivity index (χ4v) is 2.45. The Morgan fingerprint density at radius 2 is 1.63 bits per heavy atom. The van der Waals surface area contributed by atoms with Gasteiger partial charge < -0.3 is 9.47 Å². The van der Waals surface area contributed by atoms with Gasteiger partial charge in [-0.2, -0.15) is 28.7 Å². The largest absolute Gasteiger partial charge is 0.573 e. The summed E-state index contributed by atoms with van der Waals surface area (Å²) in [5.41, 5.74) is -0.958. The third-order valence-electron chi connectivity index (χ3n) is 3.72. The minimum atomic E-state index is -4.84. The molecule has 0 amide bonds. The van der Waals surface area contributed by atoms with Gasteiger partial charge in [0.05, 0.1) is 5.56 Å². The summed E-state index contributed by atoms with van der Waals surface area (Å²) in [5.74, 6) is -0.620. The van der Waals surface area contributed by atoms with E-state index in [2.05, 4.69) is 20.1 Å². The molecular weight excluding hydrogens is 418 g/mol. The standard InChI is InChI=1S/C18H10F6N4O2/c19-17(20,21)12-5-11(16-15(8-25)26-28-27-16)6-14(7-12)29-9-10-1-3-13(4-2-10)30-18(22,23)24/h1-7H,9H2,(H,26,27,28). The topological polar surface area (TPSA) is 83.8 Å². The molecule has 1 aromatic heterocycles. The fourth-order valence-electron chi connectivity index (χ4n) is 2.45. The van der Waals surface area contributed by atoms with Crippen LogP contribution < -0.4 is 9.47 Å². The van der Waals surface area contributed by atoms with Gasteiger partial charge >= 0.3 is 12.5 Å². The molecule has 1 heterocycles. The summed E-state index contributed by atoms with van der Waals surface area (Å²) >= 11 is 0. The van der Waals surface area contributed by atoms with Crippen molar-refractivity contribution < 1.29 is 35.8 Å². The zero-order chi connectivity index (χ0) is 21.9. The van der Waals surface area contributed by atoms with Gasteiger partial charge in [-0.15, -0.1) is 18.3 Å². The maximum Gasteiger partial charge on any atom is 0.573 e. The number of hydrogen-bond acceptors (Lipinski definition) is 5. The van der Waals surface area contributed by atoms with Gasteiger partial charge in [0, 0.05) is 5.56 Å². The van der Waals surface area contributed by atoms with E-state index in [0.717, 1.165) is 24.3 Å². The van der Waals surface area contributed by atoms with Gasteiger partial charge in [0.2, 0.25) is 0 Å². The SMILES string of the molecule is N#Cc1n[nH]nc1-c1cc(OCc2ccc(OC(F)(F)F)cc2)cc(C(F)(F)F)c1. The molecule has 0 fully saturated rings. The van der Waals surface area contributed by atoms with Crippen molar-refractivity contribution in [2.24, 2.45) is 0 Å². The average molecular weight is 428 g/mol. The molecule has 3 aromatic rings. The van der Waals surface area contributed by atoms with E-state index < -0.39 is 23.9 Å². The molecule has 2 aromatic carbocycles. The van der Waals surface area contributed by atoms with E-state index in [1.165, 1.54) is 18.2 Å². The highest BCUT2D eigenvalue weighted by molar-refractivity contribution is 5.67. The van der Waals surface area contributed by atoms with Crippen LogP contribution in [-0.4, -0.2) is 21.8 Å². The molecule has 0 spiro atoms. The lowest BCUT2D eigenvalue weighted by molar-refractivity contribution is -0.274. The van der Waals surface area contributed by atoms with Crippen LogP contribution in [0, 0.1) is 11.3 Å². The first-order valence-corrected chi connectivity index (χ1v) is 8.06. The number of nitrogens with zero attached hydrogens (tertiary/aromatic N) is 3. The second-order valence-corrected chi connectivity index (χ2v) is 5.86. The van der Waals surface area contributed by atoms with Crippen LogP contribution in [0.3, 0.4) is 0 Å². The summed E-state index contributed by atoms with van der Waals surface area (Å²) in [7, 11) is 0. The van der Waals surface area contributed by atoms with Crippen molar-refractivity contribution >= 4 is 0 Å². The van der Waals surface area contributed by atoms with Gasteiger partial charge in [0.1, 0.15) is 29.9 Å². The van der Waals surface area contributed by atoms with Crippen LogP contribution in [0.4, 0.5) is 26.3 Å². The molecule has 156 valence electrons. The summed E-state index contributed by atoms with van der Waals surface area (Å²) in [6.07, 6.45) is -9.53. The molecule has 0 saturated heterocycles. The predicted molar refractivity (Wildman–Crippen MR) is 89.0 cm³/mol. The second kappa shape index (κ2) is 7.94. The minimum absolute atomic E-state index is 0.0425. The lowest BCUT2D eigenvalue weighted by Gasteiger charge is -2.13. The molecule has 30 heavy (non-hydrogen) atoms. The molecule has 0 aliphatic carbocycles. The highest BCUT2D eigenvalue weighted by atomic mass is 19.4. The van der Waals surface area contributed by atoms with E-state index in [1.54, 1.807) is 6.07 Å². The van der Waals surface area contributed by atoms with Gasteiger partial charge in [-0.3, -0.25) is 0 Å². The van der Waals surface area contributed by atoms with Gasteiger partial charge in [0.25, 0.3) is 0 Å². The van der Waals surface area contributed by atoms with Crippen molar-refractivity contribution in [3.63, 3.8) is 0 Å². The van der Waals surface area contributed by atoms with E-state index in [1.807, 2.05) is 0 Å². The Kier molecular flexibility index (Phi) is 5.55. The number of ether oxygens (including phenoxy) is 2. The van der Waals surface area contributed by atoms with E-state index in [4.69, 9.17) is 10.00 Å². The third kappa shape index (κ3) is 5.19. The Balaban J connectivity index is 1.83. The summed E-state index contributed by atoms with van der Waals surface area (Å²) in [6, 6.07) is 9.18. The van der Waals surface area contributed by atoms with Crippen molar-refractivity contribution in [3.8, 4) is 28.8 Å². The maximum atomic E-state index is 13.2. The van der Waals surface area contributed by atoms with Gasteiger partial charge in [-0.1, -0.05) is 12.1 Å². The van der Waals surface area contributed by atoms with Crippen LogP contribution in [0.1, 0.15) is 16.8 Å². The number of aromatic amines is 1. The summed E-state index contributed by atoms with van der Waals surface area (Å²) in [4.78, 5) is 0. The Labute approximate surface area is 164 Å². The summed E-state index contributed by atoms with van der Waals surface area (Å²) in [5, 5.41) is 18.4. The zero-order valence-electron chi connectivity index (χ0n) is 14.7. The lowest BCUT2D eigenvalue weighted by Crippen LogP contribution is -2.17. The summed E-state index contributed by atoms with van der Waals surface area (Å²) in [6.45, 7) is -0.225. The van der Waals surface area contributed by atoms with Crippen LogP contribution in [0.2, 0.25) is 0 Å². The molecule has 0 aliphatic heterocycles.